The van der Waals surface area contributed by atoms with E-state index in [2.05, 4.69) is 9.44 Å². The summed E-state index contributed by atoms with van der Waals surface area (Å²) in [6.45, 7) is 1.58. The van der Waals surface area contributed by atoms with E-state index in [1.165, 1.54) is 6.92 Å². The first-order valence-corrected chi connectivity index (χ1v) is 10.8. The van der Waals surface area contributed by atoms with Gasteiger partial charge in [0.15, 0.2) is 0 Å². The van der Waals surface area contributed by atoms with E-state index in [-0.39, 0.29) is 22.9 Å². The van der Waals surface area contributed by atoms with Crippen molar-refractivity contribution in [1.82, 2.24) is 4.72 Å². The molecule has 1 aromatic rings. The molecule has 2 rings (SSSR count). The number of sulfonamides is 2. The van der Waals surface area contributed by atoms with Gasteiger partial charge in [0.25, 0.3) is 0 Å². The molecule has 1 aliphatic rings. The minimum Gasteiger partial charge on any atom is -0.329 e. The quantitative estimate of drug-likeness (QED) is 0.656. The van der Waals surface area contributed by atoms with Gasteiger partial charge in [-0.25, -0.2) is 25.9 Å². The van der Waals surface area contributed by atoms with Crippen molar-refractivity contribution in [2.75, 3.05) is 17.0 Å². The Kier molecular flexibility index (Phi) is 5.53. The molecular weight excluding hydrogens is 357 g/mol. The highest BCUT2D eigenvalue weighted by molar-refractivity contribution is 7.92. The van der Waals surface area contributed by atoms with E-state index in [9.17, 15) is 21.2 Å². The van der Waals surface area contributed by atoms with Crippen LogP contribution in [0.1, 0.15) is 32.6 Å². The maximum absolute atomic E-state index is 14.1. The van der Waals surface area contributed by atoms with E-state index < -0.39 is 31.4 Å². The predicted molar refractivity (Wildman–Crippen MR) is 90.1 cm³/mol. The SMILES string of the molecule is CCS(=O)(=O)Nc1ccc(S(=O)(=O)NC2(CN)CCCC2)cc1F. The van der Waals surface area contributed by atoms with Crippen LogP contribution in [0.15, 0.2) is 23.1 Å². The summed E-state index contributed by atoms with van der Waals surface area (Å²) in [4.78, 5) is -0.265. The molecule has 0 atom stereocenters. The van der Waals surface area contributed by atoms with Crippen LogP contribution < -0.4 is 15.2 Å². The predicted octanol–water partition coefficient (Wildman–Crippen LogP) is 1.14. The van der Waals surface area contributed by atoms with Crippen LogP contribution in [0.25, 0.3) is 0 Å². The van der Waals surface area contributed by atoms with Crippen molar-refractivity contribution in [3.8, 4) is 0 Å². The third-order valence-corrected chi connectivity index (χ3v) is 7.07. The number of hydrogen-bond donors (Lipinski definition) is 3. The molecule has 0 heterocycles. The lowest BCUT2D eigenvalue weighted by molar-refractivity contribution is 0.399. The van der Waals surface area contributed by atoms with E-state index in [4.69, 9.17) is 5.73 Å². The van der Waals surface area contributed by atoms with Crippen LogP contribution in [0.3, 0.4) is 0 Å². The van der Waals surface area contributed by atoms with Crippen LogP contribution in [0.5, 0.6) is 0 Å². The Hall–Kier alpha value is -1.23. The van der Waals surface area contributed by atoms with Crippen molar-refractivity contribution in [3.05, 3.63) is 24.0 Å². The zero-order valence-electron chi connectivity index (χ0n) is 13.4. The lowest BCUT2D eigenvalue weighted by Crippen LogP contribution is -2.51. The van der Waals surface area contributed by atoms with Gasteiger partial charge >= 0.3 is 0 Å². The van der Waals surface area contributed by atoms with Gasteiger partial charge in [0.2, 0.25) is 20.0 Å². The Morgan fingerprint density at radius 3 is 2.33 bits per heavy atom. The summed E-state index contributed by atoms with van der Waals surface area (Å²) in [5.41, 5.74) is 4.73. The Morgan fingerprint density at radius 1 is 1.21 bits per heavy atom. The molecule has 24 heavy (non-hydrogen) atoms. The van der Waals surface area contributed by atoms with Gasteiger partial charge in [-0.15, -0.1) is 0 Å². The summed E-state index contributed by atoms with van der Waals surface area (Å²) in [5, 5.41) is 0. The number of halogens is 1. The van der Waals surface area contributed by atoms with Crippen LogP contribution in [-0.4, -0.2) is 34.7 Å². The van der Waals surface area contributed by atoms with Gasteiger partial charge in [-0.2, -0.15) is 0 Å². The van der Waals surface area contributed by atoms with E-state index in [0.717, 1.165) is 31.0 Å². The second-order valence-electron chi connectivity index (χ2n) is 5.94. The van der Waals surface area contributed by atoms with Gasteiger partial charge in [0, 0.05) is 12.1 Å². The third kappa shape index (κ3) is 4.24. The highest BCUT2D eigenvalue weighted by Crippen LogP contribution is 2.31. The molecule has 136 valence electrons. The summed E-state index contributed by atoms with van der Waals surface area (Å²) in [6.07, 6.45) is 3.04. The largest absolute Gasteiger partial charge is 0.329 e. The first-order valence-electron chi connectivity index (χ1n) is 7.67. The summed E-state index contributed by atoms with van der Waals surface area (Å²) in [6, 6.07) is 3.06. The highest BCUT2D eigenvalue weighted by Gasteiger charge is 2.37. The highest BCUT2D eigenvalue weighted by atomic mass is 32.2. The molecule has 7 nitrogen and oxygen atoms in total. The lowest BCUT2D eigenvalue weighted by atomic mass is 10.0. The number of benzene rings is 1. The second-order valence-corrected chi connectivity index (χ2v) is 9.64. The van der Waals surface area contributed by atoms with Gasteiger partial charge < -0.3 is 5.73 Å². The average molecular weight is 379 g/mol. The van der Waals surface area contributed by atoms with Crippen LogP contribution in [0.2, 0.25) is 0 Å². The molecule has 0 aliphatic heterocycles. The van der Waals surface area contributed by atoms with E-state index in [1.54, 1.807) is 0 Å². The van der Waals surface area contributed by atoms with Gasteiger partial charge in [0.1, 0.15) is 5.82 Å². The molecule has 1 aliphatic carbocycles. The number of anilines is 1. The Labute approximate surface area is 141 Å². The Morgan fingerprint density at radius 2 is 1.83 bits per heavy atom. The Bertz CT molecular complexity index is 803. The first-order chi connectivity index (χ1) is 11.1. The molecule has 1 fully saturated rings. The number of rotatable bonds is 7. The fourth-order valence-corrected chi connectivity index (χ4v) is 4.86. The molecule has 1 saturated carbocycles. The first kappa shape index (κ1) is 19.1. The molecule has 0 bridgehead atoms. The maximum atomic E-state index is 14.1. The summed E-state index contributed by atoms with van der Waals surface area (Å²) < 4.78 is 66.7. The number of nitrogens with two attached hydrogens (primary N) is 1. The molecule has 10 heteroatoms. The van der Waals surface area contributed by atoms with Crippen LogP contribution in [-0.2, 0) is 20.0 Å². The minimum absolute atomic E-state index is 0.170. The van der Waals surface area contributed by atoms with Crippen LogP contribution in [0, 0.1) is 5.82 Å². The molecule has 0 radical (unpaired) electrons. The molecule has 0 amide bonds. The lowest BCUT2D eigenvalue weighted by Gasteiger charge is -2.28. The van der Waals surface area contributed by atoms with E-state index in [1.807, 2.05) is 0 Å². The zero-order chi connectivity index (χ0) is 18.0. The molecule has 0 aromatic heterocycles. The van der Waals surface area contributed by atoms with E-state index in [0.29, 0.717) is 12.8 Å². The Balaban J connectivity index is 2.27. The molecule has 0 unspecified atom stereocenters. The summed E-state index contributed by atoms with van der Waals surface area (Å²) >= 11 is 0. The molecule has 0 saturated heterocycles. The minimum atomic E-state index is -3.95. The average Bonchev–Trinajstić information content (AvgIpc) is 2.97. The fourth-order valence-electron chi connectivity index (χ4n) is 2.73. The number of hydrogen-bond acceptors (Lipinski definition) is 5. The third-order valence-electron chi connectivity index (χ3n) is 4.20. The van der Waals surface area contributed by atoms with Crippen LogP contribution >= 0.6 is 0 Å². The molecular formula is C14H22FN3O4S2. The van der Waals surface area contributed by atoms with Gasteiger partial charge in [-0.3, -0.25) is 4.72 Å². The van der Waals surface area contributed by atoms with E-state index >= 15 is 0 Å². The summed E-state index contributed by atoms with van der Waals surface area (Å²) in [5.74, 6) is -1.17. The standard InChI is InChI=1S/C14H22FN3O4S2/c1-2-23(19,20)17-13-6-5-11(9-12(13)15)24(21,22)18-14(10-16)7-3-4-8-14/h5-6,9,17-18H,2-4,7-8,10,16H2,1H3. The van der Waals surface area contributed by atoms with Crippen molar-refractivity contribution in [1.29, 1.82) is 0 Å². The van der Waals surface area contributed by atoms with Gasteiger partial charge in [0.05, 0.1) is 16.3 Å². The second kappa shape index (κ2) is 6.95. The molecule has 0 spiro atoms. The van der Waals surface area contributed by atoms with Crippen molar-refractivity contribution in [2.24, 2.45) is 5.73 Å². The van der Waals surface area contributed by atoms with Crippen molar-refractivity contribution in [3.63, 3.8) is 0 Å². The van der Waals surface area contributed by atoms with Crippen LogP contribution in [0.4, 0.5) is 10.1 Å². The number of nitrogens with one attached hydrogen (secondary N) is 2. The monoisotopic (exact) mass is 379 g/mol. The fraction of sp³-hybridized carbons (Fsp3) is 0.571. The molecule has 1 aromatic carbocycles. The topological polar surface area (TPSA) is 118 Å². The summed E-state index contributed by atoms with van der Waals surface area (Å²) in [7, 11) is -7.60. The van der Waals surface area contributed by atoms with Gasteiger partial charge in [-0.05, 0) is 38.0 Å². The smallest absolute Gasteiger partial charge is 0.241 e. The molecule has 4 N–H and O–H groups in total. The zero-order valence-corrected chi connectivity index (χ0v) is 15.0. The van der Waals surface area contributed by atoms with Crippen molar-refractivity contribution >= 4 is 25.7 Å². The maximum Gasteiger partial charge on any atom is 0.241 e. The van der Waals surface area contributed by atoms with Crippen molar-refractivity contribution < 1.29 is 21.2 Å². The van der Waals surface area contributed by atoms with Gasteiger partial charge in [-0.1, -0.05) is 12.8 Å². The normalized spacial score (nSPS) is 17.8. The van der Waals surface area contributed by atoms with Crippen molar-refractivity contribution in [2.45, 2.75) is 43.0 Å².